The molecule has 0 fully saturated rings. The van der Waals surface area contributed by atoms with Crippen molar-refractivity contribution in [3.63, 3.8) is 0 Å². The lowest BCUT2D eigenvalue weighted by molar-refractivity contribution is 0.0337. The zero-order valence-electron chi connectivity index (χ0n) is 11.3. The van der Waals surface area contributed by atoms with Crippen molar-refractivity contribution in [3.05, 3.63) is 0 Å². The van der Waals surface area contributed by atoms with Gasteiger partial charge in [-0.15, -0.1) is 0 Å². The van der Waals surface area contributed by atoms with E-state index in [4.69, 9.17) is 4.74 Å². The van der Waals surface area contributed by atoms with E-state index in [0.717, 1.165) is 25.4 Å². The number of nitrogens with one attached hydrogen (secondary N) is 1. The van der Waals surface area contributed by atoms with Gasteiger partial charge < -0.3 is 15.2 Å². The maximum atomic E-state index is 9.61. The SMILES string of the molecule is CCC(C)NCC(O)COCCCC(C)C. The number of hydrogen-bond donors (Lipinski definition) is 2. The van der Waals surface area contributed by atoms with Gasteiger partial charge in [-0.3, -0.25) is 0 Å². The molecule has 0 bridgehead atoms. The molecule has 3 heteroatoms. The van der Waals surface area contributed by atoms with Crippen molar-refractivity contribution in [2.75, 3.05) is 19.8 Å². The monoisotopic (exact) mass is 231 g/mol. The highest BCUT2D eigenvalue weighted by atomic mass is 16.5. The van der Waals surface area contributed by atoms with Crippen LogP contribution in [0.25, 0.3) is 0 Å². The molecule has 0 saturated carbocycles. The molecule has 16 heavy (non-hydrogen) atoms. The van der Waals surface area contributed by atoms with Gasteiger partial charge in [0.25, 0.3) is 0 Å². The van der Waals surface area contributed by atoms with Crippen LogP contribution < -0.4 is 5.32 Å². The maximum absolute atomic E-state index is 9.61. The van der Waals surface area contributed by atoms with E-state index < -0.39 is 0 Å². The van der Waals surface area contributed by atoms with Gasteiger partial charge >= 0.3 is 0 Å². The Bertz CT molecular complexity index is 151. The lowest BCUT2D eigenvalue weighted by atomic mass is 10.1. The molecule has 0 aromatic carbocycles. The normalized spacial score (nSPS) is 15.4. The first kappa shape index (κ1) is 15.9. The third kappa shape index (κ3) is 10.4. The summed E-state index contributed by atoms with van der Waals surface area (Å²) in [6.07, 6.45) is 2.99. The number of aliphatic hydroxyl groups is 1. The van der Waals surface area contributed by atoms with Crippen LogP contribution in [0.15, 0.2) is 0 Å². The molecule has 0 rings (SSSR count). The largest absolute Gasteiger partial charge is 0.389 e. The Balaban J connectivity index is 3.27. The van der Waals surface area contributed by atoms with Crippen LogP contribution in [-0.4, -0.2) is 37.0 Å². The van der Waals surface area contributed by atoms with E-state index in [0.29, 0.717) is 19.2 Å². The van der Waals surface area contributed by atoms with E-state index in [1.54, 1.807) is 0 Å². The second-order valence-electron chi connectivity index (χ2n) is 4.98. The van der Waals surface area contributed by atoms with Crippen molar-refractivity contribution < 1.29 is 9.84 Å². The molecule has 0 radical (unpaired) electrons. The Morgan fingerprint density at radius 3 is 2.50 bits per heavy atom. The molecule has 3 nitrogen and oxygen atoms in total. The van der Waals surface area contributed by atoms with E-state index in [2.05, 4.69) is 33.0 Å². The summed E-state index contributed by atoms with van der Waals surface area (Å²) in [4.78, 5) is 0. The third-order valence-electron chi connectivity index (χ3n) is 2.69. The lowest BCUT2D eigenvalue weighted by Gasteiger charge is -2.16. The molecule has 0 amide bonds. The van der Waals surface area contributed by atoms with Gasteiger partial charge in [-0.05, 0) is 32.1 Å². The topological polar surface area (TPSA) is 41.5 Å². The summed E-state index contributed by atoms with van der Waals surface area (Å²) >= 11 is 0. The Morgan fingerprint density at radius 2 is 1.94 bits per heavy atom. The molecular weight excluding hydrogens is 202 g/mol. The molecule has 0 aromatic heterocycles. The smallest absolute Gasteiger partial charge is 0.0897 e. The Kier molecular flexibility index (Phi) is 9.99. The molecular formula is C13H29NO2. The van der Waals surface area contributed by atoms with Crippen LogP contribution in [0.4, 0.5) is 0 Å². The van der Waals surface area contributed by atoms with Gasteiger partial charge in [-0.1, -0.05) is 20.8 Å². The summed E-state index contributed by atoms with van der Waals surface area (Å²) in [5.41, 5.74) is 0. The van der Waals surface area contributed by atoms with Crippen LogP contribution in [0, 0.1) is 5.92 Å². The van der Waals surface area contributed by atoms with Gasteiger partial charge in [0.05, 0.1) is 12.7 Å². The molecule has 2 unspecified atom stereocenters. The summed E-state index contributed by atoms with van der Waals surface area (Å²) in [5, 5.41) is 12.9. The molecule has 0 aliphatic heterocycles. The van der Waals surface area contributed by atoms with E-state index >= 15 is 0 Å². The van der Waals surface area contributed by atoms with Gasteiger partial charge in [0, 0.05) is 19.2 Å². The van der Waals surface area contributed by atoms with Gasteiger partial charge in [0.2, 0.25) is 0 Å². The Morgan fingerprint density at radius 1 is 1.25 bits per heavy atom. The average molecular weight is 231 g/mol. The van der Waals surface area contributed by atoms with Crippen molar-refractivity contribution in [2.24, 2.45) is 5.92 Å². The lowest BCUT2D eigenvalue weighted by Crippen LogP contribution is -2.35. The van der Waals surface area contributed by atoms with Gasteiger partial charge in [0.1, 0.15) is 0 Å². The van der Waals surface area contributed by atoms with Gasteiger partial charge in [0.15, 0.2) is 0 Å². The molecule has 0 spiro atoms. The van der Waals surface area contributed by atoms with E-state index in [1.807, 2.05) is 0 Å². The predicted octanol–water partition coefficient (Wildman–Crippen LogP) is 2.19. The molecule has 2 N–H and O–H groups in total. The first-order valence-corrected chi connectivity index (χ1v) is 6.55. The average Bonchev–Trinajstić information content (AvgIpc) is 2.24. The standard InChI is InChI=1S/C13H29NO2/c1-5-12(4)14-9-13(15)10-16-8-6-7-11(2)3/h11-15H,5-10H2,1-4H3. The fraction of sp³-hybridized carbons (Fsp3) is 1.00. The highest BCUT2D eigenvalue weighted by Gasteiger charge is 2.05. The third-order valence-corrected chi connectivity index (χ3v) is 2.69. The highest BCUT2D eigenvalue weighted by Crippen LogP contribution is 2.03. The number of aliphatic hydroxyl groups excluding tert-OH is 1. The molecule has 0 aliphatic carbocycles. The minimum Gasteiger partial charge on any atom is -0.389 e. The molecule has 0 saturated heterocycles. The summed E-state index contributed by atoms with van der Waals surface area (Å²) < 4.78 is 5.42. The summed E-state index contributed by atoms with van der Waals surface area (Å²) in [6.45, 7) is 10.5. The van der Waals surface area contributed by atoms with Crippen LogP contribution in [0.2, 0.25) is 0 Å². The minimum absolute atomic E-state index is 0.381. The first-order valence-electron chi connectivity index (χ1n) is 6.55. The molecule has 0 heterocycles. The summed E-state index contributed by atoms with van der Waals surface area (Å²) in [6, 6.07) is 0.468. The quantitative estimate of drug-likeness (QED) is 0.566. The van der Waals surface area contributed by atoms with Gasteiger partial charge in [-0.2, -0.15) is 0 Å². The summed E-state index contributed by atoms with van der Waals surface area (Å²) in [7, 11) is 0. The van der Waals surface area contributed by atoms with E-state index in [9.17, 15) is 5.11 Å². The van der Waals surface area contributed by atoms with E-state index in [-0.39, 0.29) is 6.10 Å². The summed E-state index contributed by atoms with van der Waals surface area (Å²) in [5.74, 6) is 0.737. The van der Waals surface area contributed by atoms with Gasteiger partial charge in [-0.25, -0.2) is 0 Å². The fourth-order valence-electron chi connectivity index (χ4n) is 1.35. The number of ether oxygens (including phenoxy) is 1. The maximum Gasteiger partial charge on any atom is 0.0897 e. The number of hydrogen-bond acceptors (Lipinski definition) is 3. The number of rotatable bonds is 10. The molecule has 98 valence electrons. The van der Waals surface area contributed by atoms with Crippen molar-refractivity contribution >= 4 is 0 Å². The van der Waals surface area contributed by atoms with E-state index in [1.165, 1.54) is 6.42 Å². The predicted molar refractivity (Wildman–Crippen MR) is 68.7 cm³/mol. The Labute approximate surface area is 101 Å². The zero-order valence-corrected chi connectivity index (χ0v) is 11.3. The van der Waals surface area contributed by atoms with Crippen molar-refractivity contribution in [3.8, 4) is 0 Å². The first-order chi connectivity index (χ1) is 7.56. The molecule has 0 aromatic rings. The van der Waals surface area contributed by atoms with Crippen LogP contribution in [0.5, 0.6) is 0 Å². The molecule has 0 aliphatic rings. The van der Waals surface area contributed by atoms with Crippen LogP contribution in [0.3, 0.4) is 0 Å². The van der Waals surface area contributed by atoms with Crippen LogP contribution >= 0.6 is 0 Å². The zero-order chi connectivity index (χ0) is 12.4. The minimum atomic E-state index is -0.381. The Hall–Kier alpha value is -0.120. The van der Waals surface area contributed by atoms with Crippen molar-refractivity contribution in [1.29, 1.82) is 0 Å². The van der Waals surface area contributed by atoms with Crippen LogP contribution in [0.1, 0.15) is 47.0 Å². The second-order valence-corrected chi connectivity index (χ2v) is 4.98. The fourth-order valence-corrected chi connectivity index (χ4v) is 1.35. The van der Waals surface area contributed by atoms with Crippen LogP contribution in [-0.2, 0) is 4.74 Å². The van der Waals surface area contributed by atoms with Crippen molar-refractivity contribution in [2.45, 2.75) is 59.1 Å². The second kappa shape index (κ2) is 10.1. The highest BCUT2D eigenvalue weighted by molar-refractivity contribution is 4.63. The molecule has 2 atom stereocenters. The van der Waals surface area contributed by atoms with Crippen molar-refractivity contribution in [1.82, 2.24) is 5.32 Å².